The third-order valence-corrected chi connectivity index (χ3v) is 4.50. The van der Waals surface area contributed by atoms with Crippen LogP contribution in [0.2, 0.25) is 5.02 Å². The zero-order valence-electron chi connectivity index (χ0n) is 13.8. The van der Waals surface area contributed by atoms with Crippen molar-refractivity contribution in [2.75, 3.05) is 20.2 Å². The second kappa shape index (κ2) is 7.21. The SMILES string of the molecule is CCC(=O)N1CCC(c2nc(Cc3cc(Cl)ccc3OC)no2)C1. The summed E-state index contributed by atoms with van der Waals surface area (Å²) in [4.78, 5) is 18.1. The third kappa shape index (κ3) is 3.53. The summed E-state index contributed by atoms with van der Waals surface area (Å²) in [6.07, 6.45) is 1.86. The van der Waals surface area contributed by atoms with Crippen LogP contribution in [0.4, 0.5) is 0 Å². The normalized spacial score (nSPS) is 17.3. The first kappa shape index (κ1) is 16.8. The van der Waals surface area contributed by atoms with Crippen molar-refractivity contribution >= 4 is 17.5 Å². The first-order valence-electron chi connectivity index (χ1n) is 8.03. The summed E-state index contributed by atoms with van der Waals surface area (Å²) in [6.45, 7) is 3.27. The molecule has 0 aliphatic carbocycles. The molecule has 24 heavy (non-hydrogen) atoms. The van der Waals surface area contributed by atoms with Gasteiger partial charge in [-0.2, -0.15) is 4.98 Å². The number of benzene rings is 1. The van der Waals surface area contributed by atoms with E-state index in [1.165, 1.54) is 0 Å². The van der Waals surface area contributed by atoms with E-state index in [-0.39, 0.29) is 11.8 Å². The van der Waals surface area contributed by atoms with Gasteiger partial charge in [0.25, 0.3) is 0 Å². The fourth-order valence-corrected chi connectivity index (χ4v) is 3.17. The summed E-state index contributed by atoms with van der Waals surface area (Å²) in [6, 6.07) is 5.45. The van der Waals surface area contributed by atoms with Crippen molar-refractivity contribution < 1.29 is 14.1 Å². The number of halogens is 1. The monoisotopic (exact) mass is 349 g/mol. The number of carbonyl (C=O) groups excluding carboxylic acids is 1. The second-order valence-corrected chi connectivity index (χ2v) is 6.30. The Morgan fingerprint density at radius 1 is 1.50 bits per heavy atom. The molecular weight excluding hydrogens is 330 g/mol. The number of methoxy groups -OCH3 is 1. The van der Waals surface area contributed by atoms with Gasteiger partial charge in [0.1, 0.15) is 5.75 Å². The fraction of sp³-hybridized carbons (Fsp3) is 0.471. The Labute approximate surface area is 145 Å². The Hall–Kier alpha value is -2.08. The van der Waals surface area contributed by atoms with E-state index >= 15 is 0 Å². The van der Waals surface area contributed by atoms with Gasteiger partial charge in [-0.1, -0.05) is 23.7 Å². The minimum atomic E-state index is 0.114. The van der Waals surface area contributed by atoms with Gasteiger partial charge in [-0.15, -0.1) is 0 Å². The van der Waals surface area contributed by atoms with E-state index in [0.717, 1.165) is 24.3 Å². The Morgan fingerprint density at radius 3 is 3.08 bits per heavy atom. The fourth-order valence-electron chi connectivity index (χ4n) is 2.97. The summed E-state index contributed by atoms with van der Waals surface area (Å²) in [7, 11) is 1.62. The number of nitrogens with zero attached hydrogens (tertiary/aromatic N) is 3. The number of likely N-dealkylation sites (tertiary alicyclic amines) is 1. The lowest BCUT2D eigenvalue weighted by molar-refractivity contribution is -0.129. The van der Waals surface area contributed by atoms with Gasteiger partial charge in [-0.05, 0) is 24.6 Å². The number of ether oxygens (including phenoxy) is 1. The van der Waals surface area contributed by atoms with Crippen molar-refractivity contribution in [3.63, 3.8) is 0 Å². The molecule has 2 aromatic rings. The molecule has 6 nitrogen and oxygen atoms in total. The molecule has 0 N–H and O–H groups in total. The highest BCUT2D eigenvalue weighted by Crippen LogP contribution is 2.28. The quantitative estimate of drug-likeness (QED) is 0.829. The van der Waals surface area contributed by atoms with Crippen molar-refractivity contribution in [2.24, 2.45) is 0 Å². The van der Waals surface area contributed by atoms with Crippen molar-refractivity contribution in [1.82, 2.24) is 15.0 Å². The standard InChI is InChI=1S/C17H20ClN3O3/c1-3-16(22)21-7-6-11(10-21)17-19-15(20-24-17)9-12-8-13(18)4-5-14(12)23-2/h4-5,8,11H,3,6-7,9-10H2,1-2H3. The molecule has 0 spiro atoms. The van der Waals surface area contributed by atoms with Gasteiger partial charge in [0.2, 0.25) is 11.8 Å². The summed E-state index contributed by atoms with van der Waals surface area (Å²) in [5, 5.41) is 4.70. The first-order chi connectivity index (χ1) is 11.6. The van der Waals surface area contributed by atoms with Crippen LogP contribution < -0.4 is 4.74 Å². The van der Waals surface area contributed by atoms with Crippen LogP contribution in [-0.2, 0) is 11.2 Å². The molecule has 1 aromatic carbocycles. The highest BCUT2D eigenvalue weighted by molar-refractivity contribution is 6.30. The van der Waals surface area contributed by atoms with Crippen molar-refractivity contribution in [3.05, 3.63) is 40.5 Å². The molecule has 0 radical (unpaired) electrons. The van der Waals surface area contributed by atoms with E-state index in [9.17, 15) is 4.79 Å². The zero-order chi connectivity index (χ0) is 17.1. The number of rotatable bonds is 5. The molecule has 1 aliphatic heterocycles. The molecule has 3 rings (SSSR count). The lowest BCUT2D eigenvalue weighted by Gasteiger charge is -2.13. The maximum absolute atomic E-state index is 11.8. The zero-order valence-corrected chi connectivity index (χ0v) is 14.5. The van der Waals surface area contributed by atoms with Crippen molar-refractivity contribution in [1.29, 1.82) is 0 Å². The summed E-state index contributed by atoms with van der Waals surface area (Å²) in [5.41, 5.74) is 0.909. The van der Waals surface area contributed by atoms with Crippen LogP contribution in [0.25, 0.3) is 0 Å². The first-order valence-corrected chi connectivity index (χ1v) is 8.41. The van der Waals surface area contributed by atoms with Gasteiger partial charge in [0, 0.05) is 36.5 Å². The van der Waals surface area contributed by atoms with Gasteiger partial charge < -0.3 is 14.2 Å². The van der Waals surface area contributed by atoms with Crippen molar-refractivity contribution in [3.8, 4) is 5.75 Å². The van der Waals surface area contributed by atoms with Crippen LogP contribution in [0, 0.1) is 0 Å². The number of hydrogen-bond acceptors (Lipinski definition) is 5. The molecule has 1 fully saturated rings. The van der Waals surface area contributed by atoms with Gasteiger partial charge in [-0.3, -0.25) is 4.79 Å². The van der Waals surface area contributed by atoms with E-state index < -0.39 is 0 Å². The molecule has 7 heteroatoms. The highest BCUT2D eigenvalue weighted by atomic mass is 35.5. The topological polar surface area (TPSA) is 68.5 Å². The van der Waals surface area contributed by atoms with Crippen LogP contribution in [0.1, 0.15) is 43.0 Å². The van der Waals surface area contributed by atoms with E-state index in [1.54, 1.807) is 13.2 Å². The molecule has 1 aromatic heterocycles. The summed E-state index contributed by atoms with van der Waals surface area (Å²) in [5.74, 6) is 2.21. The van der Waals surface area contributed by atoms with Crippen molar-refractivity contribution in [2.45, 2.75) is 32.1 Å². The molecule has 2 heterocycles. The van der Waals surface area contributed by atoms with Gasteiger partial charge >= 0.3 is 0 Å². The Balaban J connectivity index is 1.71. The average Bonchev–Trinajstić information content (AvgIpc) is 3.23. The highest BCUT2D eigenvalue weighted by Gasteiger charge is 2.30. The van der Waals surface area contributed by atoms with Crippen LogP contribution >= 0.6 is 11.6 Å². The minimum Gasteiger partial charge on any atom is -0.496 e. The van der Waals surface area contributed by atoms with E-state index in [1.807, 2.05) is 24.0 Å². The second-order valence-electron chi connectivity index (χ2n) is 5.86. The largest absolute Gasteiger partial charge is 0.496 e. The Kier molecular flexibility index (Phi) is 5.04. The molecule has 0 bridgehead atoms. The van der Waals surface area contributed by atoms with E-state index in [4.69, 9.17) is 20.9 Å². The number of carbonyl (C=O) groups is 1. The molecule has 1 aliphatic rings. The molecule has 1 unspecified atom stereocenters. The lowest BCUT2D eigenvalue weighted by atomic mass is 10.1. The number of aromatic nitrogens is 2. The summed E-state index contributed by atoms with van der Waals surface area (Å²) < 4.78 is 10.8. The smallest absolute Gasteiger partial charge is 0.231 e. The predicted molar refractivity (Wildman–Crippen MR) is 89.3 cm³/mol. The van der Waals surface area contributed by atoms with Gasteiger partial charge in [-0.25, -0.2) is 0 Å². The number of hydrogen-bond donors (Lipinski definition) is 0. The van der Waals surface area contributed by atoms with Crippen LogP contribution in [0.3, 0.4) is 0 Å². The lowest BCUT2D eigenvalue weighted by Crippen LogP contribution is -2.27. The molecule has 1 saturated heterocycles. The van der Waals surface area contributed by atoms with Crippen LogP contribution in [0.5, 0.6) is 5.75 Å². The third-order valence-electron chi connectivity index (χ3n) is 4.27. The Bertz CT molecular complexity index is 732. The minimum absolute atomic E-state index is 0.114. The Morgan fingerprint density at radius 2 is 2.33 bits per heavy atom. The maximum Gasteiger partial charge on any atom is 0.231 e. The predicted octanol–water partition coefficient (Wildman–Crippen LogP) is 3.05. The molecule has 1 amide bonds. The maximum atomic E-state index is 11.8. The van der Waals surface area contributed by atoms with Crippen LogP contribution in [-0.4, -0.2) is 41.1 Å². The summed E-state index contributed by atoms with van der Waals surface area (Å²) >= 11 is 6.05. The molecule has 1 atom stereocenters. The van der Waals surface area contributed by atoms with Crippen LogP contribution in [0.15, 0.2) is 22.7 Å². The van der Waals surface area contributed by atoms with Gasteiger partial charge in [0.05, 0.1) is 13.0 Å². The van der Waals surface area contributed by atoms with Gasteiger partial charge in [0.15, 0.2) is 5.82 Å². The number of amides is 1. The molecule has 0 saturated carbocycles. The van der Waals surface area contributed by atoms with E-state index in [2.05, 4.69) is 10.1 Å². The average molecular weight is 350 g/mol. The molecular formula is C17H20ClN3O3. The van der Waals surface area contributed by atoms with E-state index in [0.29, 0.717) is 36.1 Å². The molecule has 128 valence electrons.